The third-order valence-corrected chi connectivity index (χ3v) is 2.99. The Morgan fingerprint density at radius 1 is 1.35 bits per heavy atom. The molecule has 2 N–H and O–H groups in total. The van der Waals surface area contributed by atoms with Gasteiger partial charge in [0.1, 0.15) is 5.82 Å². The maximum atomic E-state index is 12.4. The van der Waals surface area contributed by atoms with Crippen LogP contribution in [0, 0.1) is 10.1 Å². The van der Waals surface area contributed by atoms with Gasteiger partial charge in [0.05, 0.1) is 17.1 Å². The van der Waals surface area contributed by atoms with Crippen molar-refractivity contribution in [3.63, 3.8) is 0 Å². The zero-order valence-corrected chi connectivity index (χ0v) is 12.5. The van der Waals surface area contributed by atoms with E-state index in [1.165, 1.54) is 18.2 Å². The number of carbonyl (C=O) groups excluding carboxylic acids is 1. The number of anilines is 2. The Bertz CT molecular complexity index is 691. The van der Waals surface area contributed by atoms with Crippen molar-refractivity contribution >= 4 is 23.1 Å². The Morgan fingerprint density at radius 3 is 2.83 bits per heavy atom. The number of pyridine rings is 1. The summed E-state index contributed by atoms with van der Waals surface area (Å²) in [5, 5.41) is 16.6. The third-order valence-electron chi connectivity index (χ3n) is 2.99. The summed E-state index contributed by atoms with van der Waals surface area (Å²) in [6.07, 6.45) is 1.54. The van der Waals surface area contributed by atoms with E-state index in [0.717, 1.165) is 0 Å². The van der Waals surface area contributed by atoms with Gasteiger partial charge in [-0.05, 0) is 18.2 Å². The Balaban J connectivity index is 2.26. The lowest BCUT2D eigenvalue weighted by Crippen LogP contribution is -2.17. The summed E-state index contributed by atoms with van der Waals surface area (Å²) in [6, 6.07) is 9.16. The summed E-state index contributed by atoms with van der Waals surface area (Å²) in [5.74, 6) is -0.112. The number of non-ortho nitro benzene ring substituents is 1. The third kappa shape index (κ3) is 4.48. The SMILES string of the molecule is COCCNc1ccc([N+](=O)[O-])cc1C(=O)Nc1ccccn1. The molecule has 1 heterocycles. The monoisotopic (exact) mass is 316 g/mol. The zero-order valence-electron chi connectivity index (χ0n) is 12.5. The molecule has 0 radical (unpaired) electrons. The molecule has 1 aromatic heterocycles. The van der Waals surface area contributed by atoms with Crippen LogP contribution in [0.4, 0.5) is 17.2 Å². The van der Waals surface area contributed by atoms with Crippen LogP contribution in [-0.4, -0.2) is 36.1 Å². The van der Waals surface area contributed by atoms with E-state index in [1.54, 1.807) is 31.5 Å². The molecule has 0 saturated heterocycles. The zero-order chi connectivity index (χ0) is 16.7. The van der Waals surface area contributed by atoms with Gasteiger partial charge in [0.2, 0.25) is 0 Å². The van der Waals surface area contributed by atoms with E-state index in [2.05, 4.69) is 15.6 Å². The number of methoxy groups -OCH3 is 1. The van der Waals surface area contributed by atoms with Crippen LogP contribution in [0.3, 0.4) is 0 Å². The number of ether oxygens (including phenoxy) is 1. The molecule has 0 unspecified atom stereocenters. The molecule has 2 rings (SSSR count). The average molecular weight is 316 g/mol. The molecule has 0 fully saturated rings. The van der Waals surface area contributed by atoms with Crippen LogP contribution in [0.25, 0.3) is 0 Å². The van der Waals surface area contributed by atoms with Crippen LogP contribution in [0.15, 0.2) is 42.6 Å². The van der Waals surface area contributed by atoms with Crippen LogP contribution in [0.2, 0.25) is 0 Å². The molecule has 2 aromatic rings. The largest absolute Gasteiger partial charge is 0.383 e. The second-order valence-corrected chi connectivity index (χ2v) is 4.58. The summed E-state index contributed by atoms with van der Waals surface area (Å²) in [6.45, 7) is 0.913. The molecule has 120 valence electrons. The van der Waals surface area contributed by atoms with Gasteiger partial charge in [-0.2, -0.15) is 0 Å². The number of nitrogens with one attached hydrogen (secondary N) is 2. The lowest BCUT2D eigenvalue weighted by molar-refractivity contribution is -0.384. The van der Waals surface area contributed by atoms with Crippen molar-refractivity contribution in [1.29, 1.82) is 0 Å². The number of nitrogens with zero attached hydrogens (tertiary/aromatic N) is 2. The molecular formula is C15H16N4O4. The minimum atomic E-state index is -0.545. The lowest BCUT2D eigenvalue weighted by atomic mass is 10.1. The summed E-state index contributed by atoms with van der Waals surface area (Å²) in [7, 11) is 1.56. The van der Waals surface area contributed by atoms with Crippen LogP contribution in [0.1, 0.15) is 10.4 Å². The molecule has 0 spiro atoms. The number of rotatable bonds is 7. The Labute approximate surface area is 132 Å². The van der Waals surface area contributed by atoms with E-state index in [4.69, 9.17) is 4.74 Å². The van der Waals surface area contributed by atoms with Crippen molar-refractivity contribution in [1.82, 2.24) is 4.98 Å². The molecule has 23 heavy (non-hydrogen) atoms. The van der Waals surface area contributed by atoms with E-state index in [9.17, 15) is 14.9 Å². The first-order chi connectivity index (χ1) is 11.1. The summed E-state index contributed by atoms with van der Waals surface area (Å²) in [5.41, 5.74) is 0.496. The minimum Gasteiger partial charge on any atom is -0.383 e. The van der Waals surface area contributed by atoms with Crippen molar-refractivity contribution < 1.29 is 14.5 Å². The maximum Gasteiger partial charge on any atom is 0.270 e. The van der Waals surface area contributed by atoms with E-state index in [1.807, 2.05) is 0 Å². The maximum absolute atomic E-state index is 12.4. The number of aromatic nitrogens is 1. The Hall–Kier alpha value is -3.00. The highest BCUT2D eigenvalue weighted by atomic mass is 16.6. The van der Waals surface area contributed by atoms with Gasteiger partial charge in [-0.25, -0.2) is 4.98 Å². The van der Waals surface area contributed by atoms with Crippen molar-refractivity contribution in [2.75, 3.05) is 30.9 Å². The van der Waals surface area contributed by atoms with E-state index in [-0.39, 0.29) is 11.3 Å². The van der Waals surface area contributed by atoms with Crippen molar-refractivity contribution in [2.45, 2.75) is 0 Å². The average Bonchev–Trinajstić information content (AvgIpc) is 2.56. The van der Waals surface area contributed by atoms with E-state index in [0.29, 0.717) is 24.7 Å². The van der Waals surface area contributed by atoms with Crippen molar-refractivity contribution in [3.05, 3.63) is 58.3 Å². The molecule has 0 atom stereocenters. The first-order valence-corrected chi connectivity index (χ1v) is 6.85. The fraction of sp³-hybridized carbons (Fsp3) is 0.200. The van der Waals surface area contributed by atoms with Crippen LogP contribution in [0.5, 0.6) is 0 Å². The predicted octanol–water partition coefficient (Wildman–Crippen LogP) is 2.30. The van der Waals surface area contributed by atoms with Crippen molar-refractivity contribution in [2.24, 2.45) is 0 Å². The number of nitro groups is 1. The number of hydrogen-bond acceptors (Lipinski definition) is 6. The predicted molar refractivity (Wildman–Crippen MR) is 85.7 cm³/mol. The topological polar surface area (TPSA) is 106 Å². The van der Waals surface area contributed by atoms with Gasteiger partial charge in [-0.3, -0.25) is 14.9 Å². The number of carbonyl (C=O) groups is 1. The standard InChI is InChI=1S/C15H16N4O4/c1-23-9-8-16-13-6-5-11(19(21)22)10-12(13)15(20)18-14-4-2-3-7-17-14/h2-7,10,16H,8-9H2,1H3,(H,17,18,20). The van der Waals surface area contributed by atoms with Gasteiger partial charge in [0.15, 0.2) is 0 Å². The minimum absolute atomic E-state index is 0.159. The van der Waals surface area contributed by atoms with Crippen LogP contribution < -0.4 is 10.6 Å². The van der Waals surface area contributed by atoms with Gasteiger partial charge in [-0.15, -0.1) is 0 Å². The van der Waals surface area contributed by atoms with Gasteiger partial charge in [-0.1, -0.05) is 6.07 Å². The number of hydrogen-bond donors (Lipinski definition) is 2. The molecule has 0 aliphatic heterocycles. The lowest BCUT2D eigenvalue weighted by Gasteiger charge is -2.11. The summed E-state index contributed by atoms with van der Waals surface area (Å²) in [4.78, 5) is 26.8. The van der Waals surface area contributed by atoms with Crippen LogP contribution >= 0.6 is 0 Å². The van der Waals surface area contributed by atoms with Crippen LogP contribution in [-0.2, 0) is 4.74 Å². The summed E-state index contributed by atoms with van der Waals surface area (Å²) < 4.78 is 4.94. The summed E-state index contributed by atoms with van der Waals surface area (Å²) >= 11 is 0. The highest BCUT2D eigenvalue weighted by molar-refractivity contribution is 6.08. The smallest absolute Gasteiger partial charge is 0.270 e. The van der Waals surface area contributed by atoms with E-state index < -0.39 is 10.8 Å². The molecule has 0 aliphatic carbocycles. The Morgan fingerprint density at radius 2 is 2.17 bits per heavy atom. The molecule has 1 aromatic carbocycles. The van der Waals surface area contributed by atoms with Gasteiger partial charge in [0, 0.05) is 37.7 Å². The molecule has 0 saturated carbocycles. The normalized spacial score (nSPS) is 10.1. The number of amides is 1. The fourth-order valence-electron chi connectivity index (χ4n) is 1.90. The van der Waals surface area contributed by atoms with Gasteiger partial charge >= 0.3 is 0 Å². The Kier molecular flexibility index (Phi) is 5.59. The van der Waals surface area contributed by atoms with Crippen molar-refractivity contribution in [3.8, 4) is 0 Å². The second kappa shape index (κ2) is 7.85. The molecule has 8 heteroatoms. The molecule has 8 nitrogen and oxygen atoms in total. The highest BCUT2D eigenvalue weighted by Gasteiger charge is 2.17. The highest BCUT2D eigenvalue weighted by Crippen LogP contribution is 2.23. The number of nitro benzene ring substituents is 1. The second-order valence-electron chi connectivity index (χ2n) is 4.58. The first kappa shape index (κ1) is 16.4. The molecular weight excluding hydrogens is 300 g/mol. The number of benzene rings is 1. The fourth-order valence-corrected chi connectivity index (χ4v) is 1.90. The quantitative estimate of drug-likeness (QED) is 0.461. The molecule has 0 bridgehead atoms. The molecule has 1 amide bonds. The van der Waals surface area contributed by atoms with Gasteiger partial charge < -0.3 is 15.4 Å². The molecule has 0 aliphatic rings. The first-order valence-electron chi connectivity index (χ1n) is 6.85. The van der Waals surface area contributed by atoms with Gasteiger partial charge in [0.25, 0.3) is 11.6 Å². The van der Waals surface area contributed by atoms with E-state index >= 15 is 0 Å².